The summed E-state index contributed by atoms with van der Waals surface area (Å²) in [5.74, 6) is 0.862. The van der Waals surface area contributed by atoms with Crippen molar-refractivity contribution < 1.29 is 0 Å². The first kappa shape index (κ1) is 20.2. The molecule has 0 aliphatic carbocycles. The minimum atomic E-state index is 0.238. The number of hydrogen-bond donors (Lipinski definition) is 4. The number of benzene rings is 1. The fraction of sp³-hybridized carbons (Fsp3) is 0.318. The molecule has 5 N–H and O–H groups in total. The number of rotatable bonds is 5. The lowest BCUT2D eigenvalue weighted by atomic mass is 10.0. The van der Waals surface area contributed by atoms with E-state index in [1.807, 2.05) is 32.0 Å². The number of H-pyrrole nitrogens is 1. The molecule has 0 saturated carbocycles. The van der Waals surface area contributed by atoms with E-state index in [-0.39, 0.29) is 17.6 Å². The highest BCUT2D eigenvalue weighted by atomic mass is 35.5. The third kappa shape index (κ3) is 3.73. The number of aromatic nitrogens is 3. The van der Waals surface area contributed by atoms with E-state index in [0.717, 1.165) is 48.1 Å². The molecule has 0 radical (unpaired) electrons. The highest BCUT2D eigenvalue weighted by molar-refractivity contribution is 6.36. The number of piperidine rings is 1. The van der Waals surface area contributed by atoms with Gasteiger partial charge in [0, 0.05) is 35.2 Å². The van der Waals surface area contributed by atoms with E-state index in [1.54, 1.807) is 0 Å². The Hall–Kier alpha value is -3.06. The van der Waals surface area contributed by atoms with Crippen molar-refractivity contribution in [2.75, 3.05) is 24.1 Å². The van der Waals surface area contributed by atoms with Gasteiger partial charge in [-0.3, -0.25) is 5.41 Å². The van der Waals surface area contributed by atoms with Crippen LogP contribution in [-0.2, 0) is 0 Å². The average molecular weight is 424 g/mol. The van der Waals surface area contributed by atoms with E-state index in [9.17, 15) is 0 Å². The summed E-state index contributed by atoms with van der Waals surface area (Å²) < 4.78 is 0. The lowest BCUT2D eigenvalue weighted by molar-refractivity contribution is 0.273. The van der Waals surface area contributed by atoms with Crippen LogP contribution in [0.5, 0.6) is 0 Å². The van der Waals surface area contributed by atoms with Gasteiger partial charge in [-0.15, -0.1) is 0 Å². The maximum Gasteiger partial charge on any atom is 0.141 e. The second kappa shape index (κ2) is 7.99. The first-order valence-corrected chi connectivity index (χ1v) is 10.4. The standard InChI is InChI=1S/C22H26ClN7/c1-12(2)30-8-6-14(7-9-30)28-22-18(21(25)26-11-27-22)19(24)17-10-15-16(23)5-4-13(3)20(15)29-17/h4-5,10-11,14,24,29H,1,6-9H2,2-3H3,(H3,25,26,27,28). The Balaban J connectivity index is 1.63. The first-order valence-electron chi connectivity index (χ1n) is 9.99. The number of nitrogens with two attached hydrogens (primary N) is 1. The normalized spacial score (nSPS) is 14.8. The lowest BCUT2D eigenvalue weighted by Crippen LogP contribution is -2.38. The molecule has 0 bridgehead atoms. The molecule has 4 rings (SSSR count). The molecule has 30 heavy (non-hydrogen) atoms. The minimum absolute atomic E-state index is 0.238. The zero-order chi connectivity index (χ0) is 21.4. The smallest absolute Gasteiger partial charge is 0.141 e. The quantitative estimate of drug-likeness (QED) is 0.457. The molecule has 1 aliphatic rings. The van der Waals surface area contributed by atoms with Gasteiger partial charge in [0.1, 0.15) is 18.0 Å². The van der Waals surface area contributed by atoms with Crippen molar-refractivity contribution in [1.29, 1.82) is 5.41 Å². The summed E-state index contributed by atoms with van der Waals surface area (Å²) in [5.41, 5.74) is 10.6. The van der Waals surface area contributed by atoms with E-state index in [4.69, 9.17) is 22.7 Å². The summed E-state index contributed by atoms with van der Waals surface area (Å²) in [5, 5.41) is 13.9. The Bertz CT molecular complexity index is 1090. The van der Waals surface area contributed by atoms with Gasteiger partial charge in [-0.2, -0.15) is 0 Å². The average Bonchev–Trinajstić information content (AvgIpc) is 3.18. The van der Waals surface area contributed by atoms with Crippen molar-refractivity contribution in [3.63, 3.8) is 0 Å². The third-order valence-corrected chi connectivity index (χ3v) is 6.05. The van der Waals surface area contributed by atoms with Gasteiger partial charge in [-0.1, -0.05) is 24.2 Å². The summed E-state index contributed by atoms with van der Waals surface area (Å²) in [6, 6.07) is 5.96. The van der Waals surface area contributed by atoms with E-state index in [1.165, 1.54) is 6.33 Å². The molecule has 1 fully saturated rings. The highest BCUT2D eigenvalue weighted by Crippen LogP contribution is 2.30. The van der Waals surface area contributed by atoms with Crippen LogP contribution in [0.1, 0.15) is 36.6 Å². The highest BCUT2D eigenvalue weighted by Gasteiger charge is 2.23. The first-order chi connectivity index (χ1) is 14.3. The van der Waals surface area contributed by atoms with E-state index >= 15 is 0 Å². The van der Waals surface area contributed by atoms with Gasteiger partial charge in [-0.05, 0) is 44.4 Å². The molecule has 8 heteroatoms. The van der Waals surface area contributed by atoms with E-state index in [0.29, 0.717) is 22.1 Å². The Labute approximate surface area is 180 Å². The summed E-state index contributed by atoms with van der Waals surface area (Å²) in [6.45, 7) is 9.96. The molecule has 156 valence electrons. The van der Waals surface area contributed by atoms with Crippen molar-refractivity contribution in [3.8, 4) is 0 Å². The Morgan fingerprint density at radius 2 is 2.07 bits per heavy atom. The number of halogens is 1. The zero-order valence-corrected chi connectivity index (χ0v) is 18.0. The van der Waals surface area contributed by atoms with Crippen LogP contribution in [0.25, 0.3) is 10.9 Å². The Kier molecular flexibility index (Phi) is 5.39. The van der Waals surface area contributed by atoms with Crippen molar-refractivity contribution in [2.45, 2.75) is 32.7 Å². The molecule has 0 amide bonds. The molecule has 1 aliphatic heterocycles. The number of allylic oxidation sites excluding steroid dienone is 1. The number of nitrogen functional groups attached to an aromatic ring is 1. The zero-order valence-electron chi connectivity index (χ0n) is 17.2. The number of aryl methyl sites for hydroxylation is 1. The van der Waals surface area contributed by atoms with Crippen LogP contribution in [0, 0.1) is 12.3 Å². The SMILES string of the molecule is C=C(C)N1CCC(Nc2ncnc(N)c2C(=N)c2cc3c(Cl)ccc(C)c3[nH]2)CC1. The Morgan fingerprint density at radius 1 is 1.33 bits per heavy atom. The molecule has 1 saturated heterocycles. The van der Waals surface area contributed by atoms with Gasteiger partial charge < -0.3 is 20.9 Å². The molecular weight excluding hydrogens is 398 g/mol. The van der Waals surface area contributed by atoms with Gasteiger partial charge in [-0.25, -0.2) is 9.97 Å². The molecule has 2 aromatic heterocycles. The fourth-order valence-corrected chi connectivity index (χ4v) is 4.16. The molecule has 1 aromatic carbocycles. The lowest BCUT2D eigenvalue weighted by Gasteiger charge is -2.34. The molecular formula is C22H26ClN7. The Morgan fingerprint density at radius 3 is 2.73 bits per heavy atom. The summed E-state index contributed by atoms with van der Waals surface area (Å²) in [6.07, 6.45) is 3.36. The topological polar surface area (TPSA) is 107 Å². The number of aromatic amines is 1. The van der Waals surface area contributed by atoms with Crippen LogP contribution >= 0.6 is 11.6 Å². The van der Waals surface area contributed by atoms with Gasteiger partial charge in [0.05, 0.1) is 22.5 Å². The number of hydrogen-bond acceptors (Lipinski definition) is 6. The number of anilines is 2. The van der Waals surface area contributed by atoms with Crippen LogP contribution in [-0.4, -0.2) is 44.7 Å². The molecule has 3 aromatic rings. The maximum absolute atomic E-state index is 8.84. The second-order valence-corrected chi connectivity index (χ2v) is 8.24. The van der Waals surface area contributed by atoms with Gasteiger partial charge in [0.2, 0.25) is 0 Å². The number of likely N-dealkylation sites (tertiary alicyclic amines) is 1. The van der Waals surface area contributed by atoms with Crippen molar-refractivity contribution in [2.24, 2.45) is 0 Å². The van der Waals surface area contributed by atoms with Gasteiger partial charge >= 0.3 is 0 Å². The number of fused-ring (bicyclic) bond motifs is 1. The van der Waals surface area contributed by atoms with Crippen LogP contribution in [0.3, 0.4) is 0 Å². The molecule has 3 heterocycles. The molecule has 0 unspecified atom stereocenters. The largest absolute Gasteiger partial charge is 0.383 e. The van der Waals surface area contributed by atoms with Crippen molar-refractivity contribution >= 4 is 39.9 Å². The van der Waals surface area contributed by atoms with E-state index < -0.39 is 0 Å². The number of nitrogens with one attached hydrogen (secondary N) is 3. The molecule has 0 atom stereocenters. The summed E-state index contributed by atoms with van der Waals surface area (Å²) in [7, 11) is 0. The predicted octanol–water partition coefficient (Wildman–Crippen LogP) is 4.33. The van der Waals surface area contributed by atoms with Crippen LogP contribution in [0.15, 0.2) is 36.8 Å². The maximum atomic E-state index is 8.84. The van der Waals surface area contributed by atoms with Gasteiger partial charge in [0.25, 0.3) is 0 Å². The fourth-order valence-electron chi connectivity index (χ4n) is 3.95. The third-order valence-electron chi connectivity index (χ3n) is 5.72. The van der Waals surface area contributed by atoms with Crippen molar-refractivity contribution in [1.82, 2.24) is 19.9 Å². The van der Waals surface area contributed by atoms with Crippen LogP contribution < -0.4 is 11.1 Å². The second-order valence-electron chi connectivity index (χ2n) is 7.83. The molecule has 0 spiro atoms. The summed E-state index contributed by atoms with van der Waals surface area (Å²) in [4.78, 5) is 14.1. The summed E-state index contributed by atoms with van der Waals surface area (Å²) >= 11 is 6.36. The van der Waals surface area contributed by atoms with Crippen LogP contribution in [0.4, 0.5) is 11.6 Å². The molecule has 7 nitrogen and oxygen atoms in total. The van der Waals surface area contributed by atoms with Gasteiger partial charge in [0.15, 0.2) is 0 Å². The minimum Gasteiger partial charge on any atom is -0.383 e. The van der Waals surface area contributed by atoms with Crippen LogP contribution in [0.2, 0.25) is 5.02 Å². The number of nitrogens with zero attached hydrogens (tertiary/aromatic N) is 3. The van der Waals surface area contributed by atoms with E-state index in [2.05, 4.69) is 31.7 Å². The van der Waals surface area contributed by atoms with Crippen molar-refractivity contribution in [3.05, 3.63) is 58.6 Å². The predicted molar refractivity (Wildman–Crippen MR) is 123 cm³/mol. The monoisotopic (exact) mass is 423 g/mol.